The maximum Gasteiger partial charge on any atom is 0.159 e. The molecule has 2 heteroatoms. The van der Waals surface area contributed by atoms with Gasteiger partial charge < -0.3 is 5.11 Å². The van der Waals surface area contributed by atoms with Crippen LogP contribution in [0.25, 0.3) is 0 Å². The molecular formula is C12H16O2. The summed E-state index contributed by atoms with van der Waals surface area (Å²) in [5.74, 6) is 0.158. The van der Waals surface area contributed by atoms with Crippen LogP contribution in [0.4, 0.5) is 0 Å². The Morgan fingerprint density at radius 2 is 2.21 bits per heavy atom. The normalized spacial score (nSPS) is 41.9. The molecule has 1 N–H and O–H groups in total. The van der Waals surface area contributed by atoms with Crippen LogP contribution in [0.1, 0.15) is 26.7 Å². The predicted octanol–water partition coefficient (Wildman–Crippen LogP) is 1.85. The van der Waals surface area contributed by atoms with E-state index in [-0.39, 0.29) is 17.1 Å². The Morgan fingerprint density at radius 3 is 2.93 bits per heavy atom. The maximum atomic E-state index is 11.8. The zero-order chi connectivity index (χ0) is 10.3. The van der Waals surface area contributed by atoms with Crippen LogP contribution in [0.5, 0.6) is 0 Å². The highest BCUT2D eigenvalue weighted by Gasteiger charge is 2.47. The molecule has 0 aliphatic heterocycles. The Kier molecular flexibility index (Phi) is 2.11. The summed E-state index contributed by atoms with van der Waals surface area (Å²) in [4.78, 5) is 11.8. The summed E-state index contributed by atoms with van der Waals surface area (Å²) >= 11 is 0. The van der Waals surface area contributed by atoms with Crippen LogP contribution in [-0.2, 0) is 4.79 Å². The van der Waals surface area contributed by atoms with Gasteiger partial charge in [0.1, 0.15) is 0 Å². The number of hydrogen-bond donors (Lipinski definition) is 1. The molecule has 2 nitrogen and oxygen atoms in total. The molecule has 0 fully saturated rings. The molecule has 0 heterocycles. The summed E-state index contributed by atoms with van der Waals surface area (Å²) in [5, 5.41) is 10.1. The first kappa shape index (κ1) is 9.66. The van der Waals surface area contributed by atoms with E-state index in [1.165, 1.54) is 0 Å². The summed E-state index contributed by atoms with van der Waals surface area (Å²) in [6.45, 7) is 3.85. The van der Waals surface area contributed by atoms with E-state index < -0.39 is 6.10 Å². The molecule has 76 valence electrons. The van der Waals surface area contributed by atoms with Crippen LogP contribution in [0.15, 0.2) is 23.8 Å². The fourth-order valence-electron chi connectivity index (χ4n) is 2.65. The van der Waals surface area contributed by atoms with E-state index in [1.807, 2.05) is 19.9 Å². The van der Waals surface area contributed by atoms with Gasteiger partial charge in [0.2, 0.25) is 0 Å². The Morgan fingerprint density at radius 1 is 1.50 bits per heavy atom. The Labute approximate surface area is 84.3 Å². The first-order valence-corrected chi connectivity index (χ1v) is 5.11. The number of allylic oxidation sites excluding steroid dienone is 3. The summed E-state index contributed by atoms with van der Waals surface area (Å²) < 4.78 is 0. The van der Waals surface area contributed by atoms with Crippen molar-refractivity contribution in [3.63, 3.8) is 0 Å². The van der Waals surface area contributed by atoms with Crippen molar-refractivity contribution < 1.29 is 9.90 Å². The van der Waals surface area contributed by atoms with Gasteiger partial charge >= 0.3 is 0 Å². The molecule has 0 aromatic heterocycles. The van der Waals surface area contributed by atoms with Crippen molar-refractivity contribution in [1.82, 2.24) is 0 Å². The van der Waals surface area contributed by atoms with Gasteiger partial charge in [0, 0.05) is 11.3 Å². The Bertz CT molecular complexity index is 327. The number of aliphatic hydroxyl groups excluding tert-OH is 1. The van der Waals surface area contributed by atoms with Gasteiger partial charge in [-0.3, -0.25) is 4.79 Å². The van der Waals surface area contributed by atoms with E-state index in [0.717, 1.165) is 18.4 Å². The van der Waals surface area contributed by atoms with Gasteiger partial charge in [0.05, 0.1) is 6.10 Å². The van der Waals surface area contributed by atoms with E-state index in [2.05, 4.69) is 6.08 Å². The van der Waals surface area contributed by atoms with Crippen molar-refractivity contribution in [3.05, 3.63) is 23.8 Å². The molecule has 0 aromatic rings. The highest BCUT2D eigenvalue weighted by atomic mass is 16.3. The van der Waals surface area contributed by atoms with Gasteiger partial charge in [0.15, 0.2) is 5.78 Å². The van der Waals surface area contributed by atoms with Crippen molar-refractivity contribution in [2.45, 2.75) is 32.8 Å². The van der Waals surface area contributed by atoms with E-state index in [9.17, 15) is 9.90 Å². The molecule has 0 bridgehead atoms. The average Bonchev–Trinajstić information content (AvgIpc) is 2.15. The lowest BCUT2D eigenvalue weighted by Crippen LogP contribution is -2.47. The topological polar surface area (TPSA) is 37.3 Å². The number of hydrogen-bond acceptors (Lipinski definition) is 2. The fraction of sp³-hybridized carbons (Fsp3) is 0.583. The van der Waals surface area contributed by atoms with Gasteiger partial charge in [-0.1, -0.05) is 19.1 Å². The number of ketones is 1. The van der Waals surface area contributed by atoms with Gasteiger partial charge in [-0.05, 0) is 31.4 Å². The van der Waals surface area contributed by atoms with Crippen molar-refractivity contribution in [2.75, 3.05) is 0 Å². The lowest BCUT2D eigenvalue weighted by molar-refractivity contribution is -0.127. The molecule has 14 heavy (non-hydrogen) atoms. The molecule has 3 atom stereocenters. The minimum atomic E-state index is -0.463. The van der Waals surface area contributed by atoms with Gasteiger partial charge in [-0.15, -0.1) is 0 Å². The molecule has 2 aliphatic rings. The van der Waals surface area contributed by atoms with Gasteiger partial charge in [-0.2, -0.15) is 0 Å². The molecule has 0 saturated carbocycles. The zero-order valence-electron chi connectivity index (χ0n) is 8.66. The van der Waals surface area contributed by atoms with Crippen molar-refractivity contribution in [3.8, 4) is 0 Å². The fourth-order valence-corrected chi connectivity index (χ4v) is 2.65. The first-order chi connectivity index (χ1) is 6.55. The zero-order valence-corrected chi connectivity index (χ0v) is 8.66. The highest BCUT2D eigenvalue weighted by molar-refractivity contribution is 5.94. The first-order valence-electron chi connectivity index (χ1n) is 5.11. The molecule has 0 radical (unpaired) electrons. The Hall–Kier alpha value is -0.890. The van der Waals surface area contributed by atoms with Crippen LogP contribution in [-0.4, -0.2) is 17.0 Å². The summed E-state index contributed by atoms with van der Waals surface area (Å²) in [7, 11) is 0. The number of aliphatic hydroxyl groups is 1. The molecule has 2 aliphatic carbocycles. The smallest absolute Gasteiger partial charge is 0.159 e. The second-order valence-corrected chi connectivity index (χ2v) is 4.66. The number of rotatable bonds is 0. The molecule has 2 rings (SSSR count). The van der Waals surface area contributed by atoms with Gasteiger partial charge in [-0.25, -0.2) is 0 Å². The summed E-state index contributed by atoms with van der Waals surface area (Å²) in [6.07, 6.45) is 6.84. The maximum absolute atomic E-state index is 11.8. The lowest BCUT2D eigenvalue weighted by atomic mass is 9.61. The van der Waals surface area contributed by atoms with E-state index >= 15 is 0 Å². The van der Waals surface area contributed by atoms with Crippen molar-refractivity contribution >= 4 is 5.78 Å². The largest absolute Gasteiger partial charge is 0.388 e. The second-order valence-electron chi connectivity index (χ2n) is 4.66. The third-order valence-corrected chi connectivity index (χ3v) is 3.66. The minimum absolute atomic E-state index is 0.0220. The lowest BCUT2D eigenvalue weighted by Gasteiger charge is -2.44. The third kappa shape index (κ3) is 1.17. The molecule has 0 spiro atoms. The average molecular weight is 192 g/mol. The van der Waals surface area contributed by atoms with Crippen molar-refractivity contribution in [1.29, 1.82) is 0 Å². The quantitative estimate of drug-likeness (QED) is 0.595. The van der Waals surface area contributed by atoms with E-state index in [4.69, 9.17) is 0 Å². The van der Waals surface area contributed by atoms with E-state index in [0.29, 0.717) is 0 Å². The highest BCUT2D eigenvalue weighted by Crippen LogP contribution is 2.46. The molecule has 3 unspecified atom stereocenters. The standard InChI is InChI=1S/C12H16O2/c1-8-7-10(13)9-5-3-4-6-12(9,2)11(8)14/h3-4,7,9,11,14H,5-6H2,1-2H3. The number of carbonyl (C=O) groups excluding carboxylic acids is 1. The molecule has 0 amide bonds. The molecular weight excluding hydrogens is 176 g/mol. The predicted molar refractivity (Wildman–Crippen MR) is 54.7 cm³/mol. The van der Waals surface area contributed by atoms with Gasteiger partial charge in [0.25, 0.3) is 0 Å². The number of fused-ring (bicyclic) bond motifs is 1. The van der Waals surface area contributed by atoms with Crippen molar-refractivity contribution in [2.24, 2.45) is 11.3 Å². The Balaban J connectivity index is 2.44. The second kappa shape index (κ2) is 3.06. The number of carbonyl (C=O) groups is 1. The summed E-state index contributed by atoms with van der Waals surface area (Å²) in [5.41, 5.74) is 0.536. The van der Waals surface area contributed by atoms with Crippen LogP contribution in [0.3, 0.4) is 0 Å². The summed E-state index contributed by atoms with van der Waals surface area (Å²) in [6, 6.07) is 0. The van der Waals surface area contributed by atoms with Crippen LogP contribution in [0, 0.1) is 11.3 Å². The van der Waals surface area contributed by atoms with Crippen LogP contribution >= 0.6 is 0 Å². The SMILES string of the molecule is CC1=CC(=O)C2CC=CCC2(C)C1O. The van der Waals surface area contributed by atoms with E-state index in [1.54, 1.807) is 6.08 Å². The molecule has 0 aromatic carbocycles. The third-order valence-electron chi connectivity index (χ3n) is 3.66. The monoisotopic (exact) mass is 192 g/mol. The molecule has 0 saturated heterocycles. The van der Waals surface area contributed by atoms with Crippen LogP contribution < -0.4 is 0 Å². The minimum Gasteiger partial charge on any atom is -0.388 e. The van der Waals surface area contributed by atoms with Crippen LogP contribution in [0.2, 0.25) is 0 Å².